The molecule has 1 N–H and O–H groups in total. The molecule has 0 aliphatic carbocycles. The number of carbonyl (C=O) groups is 2. The number of aromatic nitrogens is 4. The molecule has 0 radical (unpaired) electrons. The first-order chi connectivity index (χ1) is 16.4. The van der Waals surface area contributed by atoms with Gasteiger partial charge in [-0.2, -0.15) is 0 Å². The number of carbonyl (C=O) groups excluding carboxylic acids is 1. The van der Waals surface area contributed by atoms with E-state index in [0.717, 1.165) is 17.4 Å². The summed E-state index contributed by atoms with van der Waals surface area (Å²) in [5.74, 6) is -1.35. The Morgan fingerprint density at radius 3 is 2.60 bits per heavy atom. The zero-order valence-corrected chi connectivity index (χ0v) is 20.8. The highest BCUT2D eigenvalue weighted by Gasteiger charge is 2.29. The standard InChI is InChI=1S/C23H21ClFN5O4S/c1-23(2,3)34-22(33)30(10-12-5-6-13(24)9-14(12)25)20-17-19(26-11-29(17)4)27-18(28-20)15-7-8-16(35-15)21(31)32/h5-9,11H,10H2,1-4H3,(H,31,32). The molecule has 3 aromatic heterocycles. The highest BCUT2D eigenvalue weighted by molar-refractivity contribution is 7.17. The quantitative estimate of drug-likeness (QED) is 0.371. The average Bonchev–Trinajstić information content (AvgIpc) is 3.39. The van der Waals surface area contributed by atoms with Crippen molar-refractivity contribution < 1.29 is 23.8 Å². The van der Waals surface area contributed by atoms with E-state index in [0.29, 0.717) is 10.4 Å². The molecule has 0 saturated heterocycles. The lowest BCUT2D eigenvalue weighted by Crippen LogP contribution is -2.37. The van der Waals surface area contributed by atoms with Crippen LogP contribution in [0.2, 0.25) is 5.02 Å². The monoisotopic (exact) mass is 517 g/mol. The van der Waals surface area contributed by atoms with Gasteiger partial charge in [0.25, 0.3) is 0 Å². The molecule has 4 aromatic rings. The number of thiophene rings is 1. The van der Waals surface area contributed by atoms with Gasteiger partial charge in [-0.1, -0.05) is 17.7 Å². The second-order valence-electron chi connectivity index (χ2n) is 8.67. The fourth-order valence-electron chi connectivity index (χ4n) is 3.27. The van der Waals surface area contributed by atoms with E-state index in [1.807, 2.05) is 0 Å². The smallest absolute Gasteiger partial charge is 0.416 e. The minimum absolute atomic E-state index is 0.110. The summed E-state index contributed by atoms with van der Waals surface area (Å²) in [6, 6.07) is 7.20. The Morgan fingerprint density at radius 2 is 1.97 bits per heavy atom. The molecular formula is C23H21ClFN5O4S. The molecule has 12 heteroatoms. The highest BCUT2D eigenvalue weighted by atomic mass is 35.5. The maximum absolute atomic E-state index is 14.7. The van der Waals surface area contributed by atoms with Crippen molar-refractivity contribution in [3.63, 3.8) is 0 Å². The maximum atomic E-state index is 14.7. The number of aromatic carboxylic acids is 1. The predicted octanol–water partition coefficient (Wildman–Crippen LogP) is 5.52. The molecule has 4 rings (SSSR count). The number of benzene rings is 1. The number of fused-ring (bicyclic) bond motifs is 1. The van der Waals surface area contributed by atoms with Gasteiger partial charge in [-0.15, -0.1) is 11.3 Å². The van der Waals surface area contributed by atoms with E-state index in [2.05, 4.69) is 15.0 Å². The highest BCUT2D eigenvalue weighted by Crippen LogP contribution is 2.32. The summed E-state index contributed by atoms with van der Waals surface area (Å²) in [4.78, 5) is 39.8. The van der Waals surface area contributed by atoms with Crippen molar-refractivity contribution in [2.45, 2.75) is 32.9 Å². The number of anilines is 1. The minimum Gasteiger partial charge on any atom is -0.477 e. The van der Waals surface area contributed by atoms with E-state index in [9.17, 15) is 19.1 Å². The molecule has 1 amide bonds. The molecule has 0 unspecified atom stereocenters. The van der Waals surface area contributed by atoms with E-state index < -0.39 is 23.5 Å². The lowest BCUT2D eigenvalue weighted by atomic mass is 10.2. The Labute approximate surface area is 208 Å². The number of imidazole rings is 1. The summed E-state index contributed by atoms with van der Waals surface area (Å²) in [5, 5.41) is 9.52. The Balaban J connectivity index is 1.90. The van der Waals surface area contributed by atoms with Crippen molar-refractivity contribution >= 4 is 52.0 Å². The van der Waals surface area contributed by atoms with Gasteiger partial charge in [-0.25, -0.2) is 28.9 Å². The normalized spacial score (nSPS) is 11.6. The number of nitrogens with zero attached hydrogens (tertiary/aromatic N) is 5. The van der Waals surface area contributed by atoms with E-state index in [1.54, 1.807) is 38.5 Å². The van der Waals surface area contributed by atoms with E-state index >= 15 is 0 Å². The summed E-state index contributed by atoms with van der Waals surface area (Å²) in [6.45, 7) is 4.95. The van der Waals surface area contributed by atoms with Gasteiger partial charge in [0.1, 0.15) is 21.8 Å². The lowest BCUT2D eigenvalue weighted by molar-refractivity contribution is 0.0575. The number of hydrogen-bond donors (Lipinski definition) is 1. The van der Waals surface area contributed by atoms with Crippen LogP contribution >= 0.6 is 22.9 Å². The van der Waals surface area contributed by atoms with Crippen LogP contribution in [0.4, 0.5) is 15.0 Å². The molecule has 182 valence electrons. The van der Waals surface area contributed by atoms with Crippen molar-refractivity contribution in [2.75, 3.05) is 4.90 Å². The number of ether oxygens (including phenoxy) is 1. The fraction of sp³-hybridized carbons (Fsp3) is 0.261. The Morgan fingerprint density at radius 1 is 1.23 bits per heavy atom. The van der Waals surface area contributed by atoms with Crippen LogP contribution in [0.25, 0.3) is 21.9 Å². The van der Waals surface area contributed by atoms with Gasteiger partial charge in [0, 0.05) is 17.6 Å². The van der Waals surface area contributed by atoms with Gasteiger partial charge in [0.2, 0.25) is 0 Å². The number of halogens is 2. The van der Waals surface area contributed by atoms with Crippen molar-refractivity contribution in [1.82, 2.24) is 19.5 Å². The molecule has 0 atom stereocenters. The molecule has 35 heavy (non-hydrogen) atoms. The first-order valence-corrected chi connectivity index (χ1v) is 11.6. The molecular weight excluding hydrogens is 497 g/mol. The summed E-state index contributed by atoms with van der Waals surface area (Å²) in [7, 11) is 1.71. The van der Waals surface area contributed by atoms with Crippen LogP contribution < -0.4 is 4.90 Å². The summed E-state index contributed by atoms with van der Waals surface area (Å²) in [6.07, 6.45) is 0.760. The summed E-state index contributed by atoms with van der Waals surface area (Å²) < 4.78 is 22.0. The van der Waals surface area contributed by atoms with Crippen LogP contribution in [0.15, 0.2) is 36.7 Å². The molecule has 3 heterocycles. The number of rotatable bonds is 5. The minimum atomic E-state index is -1.08. The number of carboxylic acids is 1. The fourth-order valence-corrected chi connectivity index (χ4v) is 4.21. The van der Waals surface area contributed by atoms with E-state index in [1.165, 1.54) is 29.4 Å². The second kappa shape index (κ2) is 9.23. The topological polar surface area (TPSA) is 110 Å². The molecule has 0 spiro atoms. The largest absolute Gasteiger partial charge is 0.477 e. The van der Waals surface area contributed by atoms with Crippen molar-refractivity contribution in [1.29, 1.82) is 0 Å². The van der Waals surface area contributed by atoms with Gasteiger partial charge in [0.05, 0.1) is 17.7 Å². The van der Waals surface area contributed by atoms with Crippen molar-refractivity contribution in [3.05, 3.63) is 57.9 Å². The summed E-state index contributed by atoms with van der Waals surface area (Å²) >= 11 is 6.89. The molecule has 1 aromatic carbocycles. The molecule has 0 fully saturated rings. The number of carboxylic acid groups (broad SMARTS) is 1. The zero-order valence-electron chi connectivity index (χ0n) is 19.2. The molecule has 9 nitrogen and oxygen atoms in total. The van der Waals surface area contributed by atoms with Crippen LogP contribution in [-0.2, 0) is 18.3 Å². The van der Waals surface area contributed by atoms with Crippen LogP contribution in [0.1, 0.15) is 36.0 Å². The SMILES string of the molecule is Cn1cnc2nc(-c3ccc(C(=O)O)s3)nc(N(Cc3ccc(Cl)cc3F)C(=O)OC(C)(C)C)c21. The van der Waals surface area contributed by atoms with E-state index in [4.69, 9.17) is 16.3 Å². The third-order valence-electron chi connectivity index (χ3n) is 4.80. The third-order valence-corrected chi connectivity index (χ3v) is 6.11. The van der Waals surface area contributed by atoms with Crippen LogP contribution in [0.3, 0.4) is 0 Å². The van der Waals surface area contributed by atoms with Gasteiger partial charge in [0.15, 0.2) is 17.3 Å². The van der Waals surface area contributed by atoms with Gasteiger partial charge in [-0.3, -0.25) is 4.90 Å². The molecule has 0 saturated carbocycles. The third kappa shape index (κ3) is 5.25. The maximum Gasteiger partial charge on any atom is 0.416 e. The predicted molar refractivity (Wildman–Crippen MR) is 130 cm³/mol. The molecule has 0 aliphatic rings. The van der Waals surface area contributed by atoms with Gasteiger partial charge < -0.3 is 14.4 Å². The Kier molecular flexibility index (Phi) is 6.48. The van der Waals surface area contributed by atoms with Crippen molar-refractivity contribution in [2.24, 2.45) is 7.05 Å². The average molecular weight is 518 g/mol. The van der Waals surface area contributed by atoms with E-state index in [-0.39, 0.29) is 39.3 Å². The molecule has 0 bridgehead atoms. The second-order valence-corrected chi connectivity index (χ2v) is 10.2. The zero-order chi connectivity index (χ0) is 25.5. The van der Waals surface area contributed by atoms with Crippen LogP contribution in [-0.4, -0.2) is 42.3 Å². The lowest BCUT2D eigenvalue weighted by Gasteiger charge is -2.27. The van der Waals surface area contributed by atoms with Crippen LogP contribution in [0.5, 0.6) is 0 Å². The first kappa shape index (κ1) is 24.6. The van der Waals surface area contributed by atoms with Crippen molar-refractivity contribution in [3.8, 4) is 10.7 Å². The van der Waals surface area contributed by atoms with Gasteiger partial charge >= 0.3 is 12.1 Å². The first-order valence-electron chi connectivity index (χ1n) is 10.4. The Hall–Kier alpha value is -3.57. The number of amides is 1. The molecule has 0 aliphatic heterocycles. The number of hydrogen-bond acceptors (Lipinski definition) is 7. The van der Waals surface area contributed by atoms with Crippen LogP contribution in [0, 0.1) is 5.82 Å². The van der Waals surface area contributed by atoms with Gasteiger partial charge in [-0.05, 0) is 45.0 Å². The number of aryl methyl sites for hydroxylation is 1. The summed E-state index contributed by atoms with van der Waals surface area (Å²) in [5.41, 5.74) is 0.0614. The Bertz CT molecular complexity index is 1450.